The summed E-state index contributed by atoms with van der Waals surface area (Å²) >= 11 is 0. The van der Waals surface area contributed by atoms with Crippen molar-refractivity contribution in [2.45, 2.75) is 32.2 Å². The zero-order valence-corrected chi connectivity index (χ0v) is 11.4. The first kappa shape index (κ1) is 13.4. The number of benzene rings is 1. The summed E-state index contributed by atoms with van der Waals surface area (Å²) in [4.78, 5) is 0. The van der Waals surface area contributed by atoms with Crippen molar-refractivity contribution in [1.29, 1.82) is 0 Å². The minimum Gasteiger partial charge on any atom is -0.496 e. The number of methoxy groups -OCH3 is 1. The van der Waals surface area contributed by atoms with Crippen LogP contribution in [0.5, 0.6) is 5.75 Å². The highest BCUT2D eigenvalue weighted by Crippen LogP contribution is 2.32. The maximum Gasteiger partial charge on any atom is 0.121 e. The Kier molecular flexibility index (Phi) is 4.61. The molecule has 100 valence electrons. The number of hydrogen-bond donors (Lipinski definition) is 2. The summed E-state index contributed by atoms with van der Waals surface area (Å²) in [5.74, 6) is 1.90. The Labute approximate surface area is 110 Å². The van der Waals surface area contributed by atoms with Gasteiger partial charge in [-0.1, -0.05) is 25.0 Å². The molecule has 0 bridgehead atoms. The third kappa shape index (κ3) is 3.47. The molecule has 0 spiro atoms. The molecule has 0 heterocycles. The Hall–Kier alpha value is -1.06. The predicted molar refractivity (Wildman–Crippen MR) is 74.9 cm³/mol. The lowest BCUT2D eigenvalue weighted by Gasteiger charge is -2.18. The SMILES string of the molecule is COc1ccc(C(CN)NCCC2CC2)cc1C. The highest BCUT2D eigenvalue weighted by atomic mass is 16.5. The lowest BCUT2D eigenvalue weighted by molar-refractivity contribution is 0.411. The summed E-state index contributed by atoms with van der Waals surface area (Å²) < 4.78 is 5.28. The molecule has 18 heavy (non-hydrogen) atoms. The average Bonchev–Trinajstić information content (AvgIpc) is 3.18. The van der Waals surface area contributed by atoms with Crippen LogP contribution in [-0.2, 0) is 0 Å². The minimum absolute atomic E-state index is 0.258. The van der Waals surface area contributed by atoms with E-state index in [0.717, 1.165) is 23.8 Å². The van der Waals surface area contributed by atoms with Crippen LogP contribution in [0.2, 0.25) is 0 Å². The summed E-state index contributed by atoms with van der Waals surface area (Å²) in [6, 6.07) is 6.55. The van der Waals surface area contributed by atoms with Crippen LogP contribution >= 0.6 is 0 Å². The van der Waals surface area contributed by atoms with Crippen LogP contribution in [0.4, 0.5) is 0 Å². The molecule has 0 aromatic heterocycles. The quantitative estimate of drug-likeness (QED) is 0.779. The van der Waals surface area contributed by atoms with Crippen molar-refractivity contribution in [3.05, 3.63) is 29.3 Å². The molecule has 2 rings (SSSR count). The largest absolute Gasteiger partial charge is 0.496 e. The molecule has 3 heteroatoms. The van der Waals surface area contributed by atoms with Gasteiger partial charge < -0.3 is 15.8 Å². The molecule has 0 amide bonds. The number of ether oxygens (including phenoxy) is 1. The number of nitrogens with two attached hydrogens (primary N) is 1. The van der Waals surface area contributed by atoms with Crippen LogP contribution in [0.15, 0.2) is 18.2 Å². The van der Waals surface area contributed by atoms with E-state index < -0.39 is 0 Å². The zero-order chi connectivity index (χ0) is 13.0. The molecule has 0 radical (unpaired) electrons. The normalized spacial score (nSPS) is 16.6. The summed E-state index contributed by atoms with van der Waals surface area (Å²) in [5.41, 5.74) is 8.28. The molecule has 1 saturated carbocycles. The highest BCUT2D eigenvalue weighted by molar-refractivity contribution is 5.37. The highest BCUT2D eigenvalue weighted by Gasteiger charge is 2.21. The van der Waals surface area contributed by atoms with Gasteiger partial charge in [0.25, 0.3) is 0 Å². The van der Waals surface area contributed by atoms with Crippen LogP contribution in [0.3, 0.4) is 0 Å². The third-order valence-electron chi connectivity index (χ3n) is 3.70. The monoisotopic (exact) mass is 248 g/mol. The Bertz CT molecular complexity index is 388. The minimum atomic E-state index is 0.258. The van der Waals surface area contributed by atoms with Crippen molar-refractivity contribution in [3.63, 3.8) is 0 Å². The molecule has 3 nitrogen and oxygen atoms in total. The lowest BCUT2D eigenvalue weighted by Crippen LogP contribution is -2.29. The van der Waals surface area contributed by atoms with Crippen molar-refractivity contribution < 1.29 is 4.74 Å². The summed E-state index contributed by atoms with van der Waals surface area (Å²) in [5, 5.41) is 3.56. The van der Waals surface area contributed by atoms with Gasteiger partial charge in [0.05, 0.1) is 7.11 Å². The van der Waals surface area contributed by atoms with Gasteiger partial charge in [-0.3, -0.25) is 0 Å². The second kappa shape index (κ2) is 6.21. The number of hydrogen-bond acceptors (Lipinski definition) is 3. The molecule has 1 aliphatic carbocycles. The Morgan fingerprint density at radius 3 is 2.78 bits per heavy atom. The number of nitrogens with one attached hydrogen (secondary N) is 1. The van der Waals surface area contributed by atoms with Gasteiger partial charge in [0.2, 0.25) is 0 Å². The van der Waals surface area contributed by atoms with Gasteiger partial charge in [0.1, 0.15) is 5.75 Å². The van der Waals surface area contributed by atoms with Crippen molar-refractivity contribution in [3.8, 4) is 5.75 Å². The fourth-order valence-corrected chi connectivity index (χ4v) is 2.32. The molecule has 0 aliphatic heterocycles. The van der Waals surface area contributed by atoms with E-state index >= 15 is 0 Å². The van der Waals surface area contributed by atoms with E-state index in [0.29, 0.717) is 6.54 Å². The number of rotatable bonds is 7. The Morgan fingerprint density at radius 2 is 2.22 bits per heavy atom. The zero-order valence-electron chi connectivity index (χ0n) is 11.4. The van der Waals surface area contributed by atoms with Crippen LogP contribution < -0.4 is 15.8 Å². The van der Waals surface area contributed by atoms with Gasteiger partial charge in [-0.15, -0.1) is 0 Å². The predicted octanol–water partition coefficient (Wildman–Crippen LogP) is 2.39. The van der Waals surface area contributed by atoms with Crippen LogP contribution in [0.25, 0.3) is 0 Å². The van der Waals surface area contributed by atoms with Crippen molar-refractivity contribution in [2.75, 3.05) is 20.2 Å². The number of aryl methyl sites for hydroxylation is 1. The van der Waals surface area contributed by atoms with Gasteiger partial charge in [-0.2, -0.15) is 0 Å². The second-order valence-corrected chi connectivity index (χ2v) is 5.20. The van der Waals surface area contributed by atoms with Gasteiger partial charge >= 0.3 is 0 Å². The van der Waals surface area contributed by atoms with E-state index in [1.54, 1.807) is 7.11 Å². The molecule has 1 unspecified atom stereocenters. The van der Waals surface area contributed by atoms with Crippen molar-refractivity contribution >= 4 is 0 Å². The van der Waals surface area contributed by atoms with Gasteiger partial charge in [0.15, 0.2) is 0 Å². The maximum atomic E-state index is 5.86. The van der Waals surface area contributed by atoms with E-state index in [1.165, 1.54) is 24.8 Å². The first-order valence-electron chi connectivity index (χ1n) is 6.82. The van der Waals surface area contributed by atoms with Crippen molar-refractivity contribution in [2.24, 2.45) is 11.7 Å². The van der Waals surface area contributed by atoms with Crippen LogP contribution in [0.1, 0.15) is 36.4 Å². The fraction of sp³-hybridized carbons (Fsp3) is 0.600. The molecule has 1 atom stereocenters. The molecule has 3 N–H and O–H groups in total. The standard InChI is InChI=1S/C15H24N2O/c1-11-9-13(5-6-15(11)18-2)14(10-16)17-8-7-12-3-4-12/h5-6,9,12,14,17H,3-4,7-8,10,16H2,1-2H3. The van der Waals surface area contributed by atoms with Gasteiger partial charge in [-0.25, -0.2) is 0 Å². The summed E-state index contributed by atoms with van der Waals surface area (Å²) in [6.45, 7) is 3.77. The van der Waals surface area contributed by atoms with E-state index in [9.17, 15) is 0 Å². The summed E-state index contributed by atoms with van der Waals surface area (Å²) in [6.07, 6.45) is 4.11. The molecule has 1 aromatic rings. The van der Waals surface area contributed by atoms with Crippen LogP contribution in [-0.4, -0.2) is 20.2 Å². The van der Waals surface area contributed by atoms with Crippen molar-refractivity contribution in [1.82, 2.24) is 5.32 Å². The average molecular weight is 248 g/mol. The van der Waals surface area contributed by atoms with Gasteiger partial charge in [0, 0.05) is 12.6 Å². The first-order valence-corrected chi connectivity index (χ1v) is 6.82. The van der Waals surface area contributed by atoms with E-state index in [1.807, 2.05) is 6.07 Å². The maximum absolute atomic E-state index is 5.86. The fourth-order valence-electron chi connectivity index (χ4n) is 2.32. The molecule has 1 aliphatic rings. The molecular formula is C15H24N2O. The molecular weight excluding hydrogens is 224 g/mol. The third-order valence-corrected chi connectivity index (χ3v) is 3.70. The Morgan fingerprint density at radius 1 is 1.44 bits per heavy atom. The molecule has 1 fully saturated rings. The molecule has 1 aromatic carbocycles. The smallest absolute Gasteiger partial charge is 0.121 e. The van der Waals surface area contributed by atoms with E-state index in [-0.39, 0.29) is 6.04 Å². The van der Waals surface area contributed by atoms with E-state index in [2.05, 4.69) is 24.4 Å². The lowest BCUT2D eigenvalue weighted by atomic mass is 10.0. The summed E-state index contributed by atoms with van der Waals surface area (Å²) in [7, 11) is 1.70. The topological polar surface area (TPSA) is 47.3 Å². The molecule has 0 saturated heterocycles. The van der Waals surface area contributed by atoms with E-state index in [4.69, 9.17) is 10.5 Å². The van der Waals surface area contributed by atoms with Gasteiger partial charge in [-0.05, 0) is 43.0 Å². The first-order chi connectivity index (χ1) is 8.74. The Balaban J connectivity index is 1.94. The second-order valence-electron chi connectivity index (χ2n) is 5.20. The van der Waals surface area contributed by atoms with Crippen LogP contribution in [0, 0.1) is 12.8 Å².